The summed E-state index contributed by atoms with van der Waals surface area (Å²) in [6.45, 7) is 0.672. The zero-order chi connectivity index (χ0) is 16.6. The summed E-state index contributed by atoms with van der Waals surface area (Å²) < 4.78 is 0. The molecule has 0 spiro atoms. The van der Waals surface area contributed by atoms with Crippen LogP contribution in [0, 0.1) is 10.1 Å². The van der Waals surface area contributed by atoms with E-state index in [9.17, 15) is 14.9 Å². The molecule has 1 aromatic heterocycles. The highest BCUT2D eigenvalue weighted by Crippen LogP contribution is 2.31. The van der Waals surface area contributed by atoms with Crippen molar-refractivity contribution in [3.8, 4) is 0 Å². The van der Waals surface area contributed by atoms with E-state index in [4.69, 9.17) is 0 Å². The second-order valence-electron chi connectivity index (χ2n) is 6.16. The first-order valence-electron chi connectivity index (χ1n) is 7.73. The number of nitrogens with zero attached hydrogens (tertiary/aromatic N) is 5. The predicted molar refractivity (Wildman–Crippen MR) is 84.4 cm³/mol. The Kier molecular flexibility index (Phi) is 4.01. The van der Waals surface area contributed by atoms with Gasteiger partial charge >= 0.3 is 5.69 Å². The van der Waals surface area contributed by atoms with E-state index >= 15 is 0 Å². The SMILES string of the molecule is CN(C)C(=O)C1CCCN1c1ncc([N+](=O)[O-])c(NC2CC2)n1. The standard InChI is InChI=1S/C14H20N6O3/c1-18(2)13(21)10-4-3-7-19(10)14-15-8-11(20(22)23)12(17-14)16-9-5-6-9/h8-10H,3-7H2,1-2H3,(H,15,16,17). The molecule has 2 fully saturated rings. The lowest BCUT2D eigenvalue weighted by molar-refractivity contribution is -0.384. The van der Waals surface area contributed by atoms with Gasteiger partial charge in [0.25, 0.3) is 0 Å². The summed E-state index contributed by atoms with van der Waals surface area (Å²) in [6.07, 6.45) is 4.81. The lowest BCUT2D eigenvalue weighted by Gasteiger charge is -2.26. The quantitative estimate of drug-likeness (QED) is 0.638. The van der Waals surface area contributed by atoms with Crippen molar-refractivity contribution in [3.05, 3.63) is 16.3 Å². The van der Waals surface area contributed by atoms with Crippen molar-refractivity contribution in [1.29, 1.82) is 0 Å². The molecular weight excluding hydrogens is 300 g/mol. The Balaban J connectivity index is 1.89. The minimum atomic E-state index is -0.485. The van der Waals surface area contributed by atoms with Crippen LogP contribution in [-0.2, 0) is 4.79 Å². The van der Waals surface area contributed by atoms with Gasteiger partial charge in [0.2, 0.25) is 17.7 Å². The second kappa shape index (κ2) is 5.98. The van der Waals surface area contributed by atoms with Crippen LogP contribution in [0.4, 0.5) is 17.5 Å². The number of hydrogen-bond acceptors (Lipinski definition) is 7. The van der Waals surface area contributed by atoms with Gasteiger partial charge in [0.05, 0.1) is 4.92 Å². The fourth-order valence-electron chi connectivity index (χ4n) is 2.73. The van der Waals surface area contributed by atoms with E-state index in [0.717, 1.165) is 25.7 Å². The van der Waals surface area contributed by atoms with Crippen LogP contribution in [0.1, 0.15) is 25.7 Å². The highest BCUT2D eigenvalue weighted by molar-refractivity contribution is 5.85. The van der Waals surface area contributed by atoms with E-state index in [1.807, 2.05) is 4.90 Å². The number of likely N-dealkylation sites (N-methyl/N-ethyl adjacent to an activating group) is 1. The zero-order valence-electron chi connectivity index (χ0n) is 13.2. The van der Waals surface area contributed by atoms with Crippen LogP contribution in [0.5, 0.6) is 0 Å². The molecule has 1 N–H and O–H groups in total. The van der Waals surface area contributed by atoms with Crippen LogP contribution in [0.2, 0.25) is 0 Å². The van der Waals surface area contributed by atoms with Gasteiger partial charge < -0.3 is 15.1 Å². The van der Waals surface area contributed by atoms with E-state index < -0.39 is 4.92 Å². The van der Waals surface area contributed by atoms with Gasteiger partial charge in [0.15, 0.2) is 0 Å². The molecule has 1 unspecified atom stereocenters. The maximum atomic E-state index is 12.3. The van der Waals surface area contributed by atoms with Gasteiger partial charge in [-0.15, -0.1) is 0 Å². The first-order valence-corrected chi connectivity index (χ1v) is 7.73. The third kappa shape index (κ3) is 3.17. The molecule has 23 heavy (non-hydrogen) atoms. The number of nitrogens with one attached hydrogen (secondary N) is 1. The molecule has 0 radical (unpaired) electrons. The van der Waals surface area contributed by atoms with Crippen LogP contribution in [0.3, 0.4) is 0 Å². The molecule has 3 rings (SSSR count). The van der Waals surface area contributed by atoms with Gasteiger partial charge in [-0.3, -0.25) is 14.9 Å². The first-order chi connectivity index (χ1) is 11.0. The van der Waals surface area contributed by atoms with E-state index in [-0.39, 0.29) is 29.5 Å². The molecule has 1 amide bonds. The predicted octanol–water partition coefficient (Wildman–Crippen LogP) is 1.02. The molecule has 2 heterocycles. The fourth-order valence-corrected chi connectivity index (χ4v) is 2.73. The summed E-state index contributed by atoms with van der Waals surface area (Å²) in [7, 11) is 3.44. The minimum Gasteiger partial charge on any atom is -0.361 e. The highest BCUT2D eigenvalue weighted by Gasteiger charge is 2.35. The Morgan fingerprint density at radius 3 is 2.78 bits per heavy atom. The zero-order valence-corrected chi connectivity index (χ0v) is 13.2. The number of hydrogen-bond donors (Lipinski definition) is 1. The summed E-state index contributed by atoms with van der Waals surface area (Å²) in [5.74, 6) is 0.614. The molecule has 0 aromatic carbocycles. The summed E-state index contributed by atoms with van der Waals surface area (Å²) in [6, 6.07) is -0.0607. The summed E-state index contributed by atoms with van der Waals surface area (Å²) in [5, 5.41) is 14.2. The third-order valence-electron chi connectivity index (χ3n) is 4.11. The van der Waals surface area contributed by atoms with Crippen LogP contribution in [0.25, 0.3) is 0 Å². The molecule has 1 atom stereocenters. The first kappa shape index (κ1) is 15.4. The monoisotopic (exact) mass is 320 g/mol. The van der Waals surface area contributed by atoms with Crippen LogP contribution >= 0.6 is 0 Å². The van der Waals surface area contributed by atoms with E-state index in [2.05, 4.69) is 15.3 Å². The number of rotatable bonds is 5. The van der Waals surface area contributed by atoms with Crippen molar-refractivity contribution in [1.82, 2.24) is 14.9 Å². The Labute approximate surface area is 133 Å². The molecule has 2 aliphatic rings. The topological polar surface area (TPSA) is 104 Å². The molecule has 9 nitrogen and oxygen atoms in total. The Morgan fingerprint density at radius 2 is 2.17 bits per heavy atom. The van der Waals surface area contributed by atoms with Gasteiger partial charge in [-0.05, 0) is 25.7 Å². The number of aromatic nitrogens is 2. The molecule has 1 saturated carbocycles. The smallest absolute Gasteiger partial charge is 0.329 e. The number of carbonyl (C=O) groups excluding carboxylic acids is 1. The van der Waals surface area contributed by atoms with E-state index in [0.29, 0.717) is 12.5 Å². The molecule has 1 saturated heterocycles. The molecule has 124 valence electrons. The van der Waals surface area contributed by atoms with Crippen molar-refractivity contribution in [2.75, 3.05) is 30.9 Å². The fraction of sp³-hybridized carbons (Fsp3) is 0.643. The summed E-state index contributed by atoms with van der Waals surface area (Å²) in [5.41, 5.74) is -0.129. The van der Waals surface area contributed by atoms with Gasteiger partial charge in [-0.2, -0.15) is 4.98 Å². The van der Waals surface area contributed by atoms with Gasteiger partial charge in [0, 0.05) is 26.7 Å². The number of amides is 1. The molecular formula is C14H20N6O3. The Bertz CT molecular complexity index is 631. The van der Waals surface area contributed by atoms with Crippen molar-refractivity contribution in [2.45, 2.75) is 37.8 Å². The van der Waals surface area contributed by atoms with Crippen LogP contribution in [-0.4, -0.2) is 58.4 Å². The average Bonchev–Trinajstić information content (AvgIpc) is 3.18. The third-order valence-corrected chi connectivity index (χ3v) is 4.11. The number of nitro groups is 1. The molecule has 1 aliphatic heterocycles. The molecule has 1 aliphatic carbocycles. The number of carbonyl (C=O) groups is 1. The van der Waals surface area contributed by atoms with E-state index in [1.54, 1.807) is 19.0 Å². The largest absolute Gasteiger partial charge is 0.361 e. The van der Waals surface area contributed by atoms with Gasteiger partial charge in [-0.1, -0.05) is 0 Å². The average molecular weight is 320 g/mol. The van der Waals surface area contributed by atoms with Crippen molar-refractivity contribution in [2.24, 2.45) is 0 Å². The normalized spacial score (nSPS) is 20.4. The molecule has 1 aromatic rings. The Hall–Kier alpha value is -2.45. The maximum Gasteiger partial charge on any atom is 0.329 e. The number of anilines is 2. The summed E-state index contributed by atoms with van der Waals surface area (Å²) >= 11 is 0. The highest BCUT2D eigenvalue weighted by atomic mass is 16.6. The lowest BCUT2D eigenvalue weighted by Crippen LogP contribution is -2.43. The van der Waals surface area contributed by atoms with E-state index in [1.165, 1.54) is 6.20 Å². The van der Waals surface area contributed by atoms with Gasteiger partial charge in [0.1, 0.15) is 12.2 Å². The lowest BCUT2D eigenvalue weighted by atomic mass is 10.2. The van der Waals surface area contributed by atoms with Crippen LogP contribution in [0.15, 0.2) is 6.20 Å². The maximum absolute atomic E-state index is 12.3. The summed E-state index contributed by atoms with van der Waals surface area (Å²) in [4.78, 5) is 34.8. The molecule has 9 heteroatoms. The molecule has 0 bridgehead atoms. The van der Waals surface area contributed by atoms with Crippen LogP contribution < -0.4 is 10.2 Å². The van der Waals surface area contributed by atoms with Crippen molar-refractivity contribution >= 4 is 23.4 Å². The second-order valence-corrected chi connectivity index (χ2v) is 6.16. The van der Waals surface area contributed by atoms with Crippen molar-refractivity contribution < 1.29 is 9.72 Å². The van der Waals surface area contributed by atoms with Gasteiger partial charge in [-0.25, -0.2) is 4.98 Å². The minimum absolute atomic E-state index is 0.00107. The van der Waals surface area contributed by atoms with Crippen molar-refractivity contribution in [3.63, 3.8) is 0 Å². The Morgan fingerprint density at radius 1 is 1.43 bits per heavy atom.